The van der Waals surface area contributed by atoms with E-state index in [-0.39, 0.29) is 16.5 Å². The number of nitrogens with one attached hydrogen (secondary N) is 2. The Bertz CT molecular complexity index is 1340. The standard InChI is InChI=1S/C20H19F3N6O3S/c1-10-9-25-18(12(3)26-10)32-19-15(11(2)16(28-29-19)20(21,22)23)17(30)27-13-6-5-7-14(8-13)33(4,24)31/h5-9,24H,1-4H3,(H,27,30). The van der Waals surface area contributed by atoms with Crippen molar-refractivity contribution in [1.29, 1.82) is 4.78 Å². The molecular weight excluding hydrogens is 461 g/mol. The fourth-order valence-corrected chi connectivity index (χ4v) is 3.59. The maximum Gasteiger partial charge on any atom is 0.435 e. The van der Waals surface area contributed by atoms with E-state index in [4.69, 9.17) is 9.52 Å². The van der Waals surface area contributed by atoms with Crippen LogP contribution in [0.15, 0.2) is 35.4 Å². The Morgan fingerprint density at radius 1 is 1.15 bits per heavy atom. The summed E-state index contributed by atoms with van der Waals surface area (Å²) in [5.41, 5.74) is -1.30. The van der Waals surface area contributed by atoms with Crippen molar-refractivity contribution < 1.29 is 26.9 Å². The average Bonchev–Trinajstić information content (AvgIpc) is 2.68. The van der Waals surface area contributed by atoms with Crippen molar-refractivity contribution in [2.45, 2.75) is 31.8 Å². The molecule has 2 heterocycles. The van der Waals surface area contributed by atoms with Gasteiger partial charge in [-0.15, -0.1) is 10.2 Å². The predicted octanol–water partition coefficient (Wildman–Crippen LogP) is 4.29. The number of anilines is 1. The van der Waals surface area contributed by atoms with Gasteiger partial charge in [-0.05, 0) is 44.5 Å². The number of nitrogens with zero attached hydrogens (tertiary/aromatic N) is 4. The summed E-state index contributed by atoms with van der Waals surface area (Å²) in [5.74, 6) is -1.51. The quantitative estimate of drug-likeness (QED) is 0.557. The second-order valence-corrected chi connectivity index (χ2v) is 9.34. The van der Waals surface area contributed by atoms with Crippen molar-refractivity contribution in [1.82, 2.24) is 20.2 Å². The first-order valence-corrected chi connectivity index (χ1v) is 11.3. The van der Waals surface area contributed by atoms with Crippen LogP contribution in [0.2, 0.25) is 0 Å². The van der Waals surface area contributed by atoms with Gasteiger partial charge < -0.3 is 10.1 Å². The molecule has 33 heavy (non-hydrogen) atoms. The van der Waals surface area contributed by atoms with Gasteiger partial charge in [0.15, 0.2) is 5.69 Å². The molecule has 0 fully saturated rings. The summed E-state index contributed by atoms with van der Waals surface area (Å²) in [4.78, 5) is 21.4. The van der Waals surface area contributed by atoms with Gasteiger partial charge >= 0.3 is 6.18 Å². The molecule has 2 N–H and O–H groups in total. The maximum absolute atomic E-state index is 13.4. The minimum absolute atomic E-state index is 0.0509. The maximum atomic E-state index is 13.4. The molecule has 0 bridgehead atoms. The average molecular weight is 480 g/mol. The van der Waals surface area contributed by atoms with Crippen LogP contribution in [0.3, 0.4) is 0 Å². The van der Waals surface area contributed by atoms with E-state index in [1.165, 1.54) is 36.7 Å². The Balaban J connectivity index is 2.08. The zero-order valence-electron chi connectivity index (χ0n) is 17.9. The van der Waals surface area contributed by atoms with E-state index in [1.807, 2.05) is 0 Å². The Morgan fingerprint density at radius 2 is 1.85 bits per heavy atom. The van der Waals surface area contributed by atoms with E-state index in [1.54, 1.807) is 13.8 Å². The molecule has 1 aromatic carbocycles. The summed E-state index contributed by atoms with van der Waals surface area (Å²) in [7, 11) is -3.08. The number of hydrogen-bond donors (Lipinski definition) is 2. The summed E-state index contributed by atoms with van der Waals surface area (Å²) in [6.07, 6.45) is -2.26. The van der Waals surface area contributed by atoms with Gasteiger partial charge in [0, 0.05) is 16.8 Å². The van der Waals surface area contributed by atoms with Gasteiger partial charge in [-0.3, -0.25) is 9.78 Å². The lowest BCUT2D eigenvalue weighted by Crippen LogP contribution is -2.21. The van der Waals surface area contributed by atoms with Gasteiger partial charge in [-0.2, -0.15) is 13.2 Å². The van der Waals surface area contributed by atoms with Crippen molar-refractivity contribution in [3.05, 3.63) is 58.7 Å². The number of ether oxygens (including phenoxy) is 1. The molecule has 3 aromatic rings. The first-order valence-electron chi connectivity index (χ1n) is 9.35. The first kappa shape index (κ1) is 24.0. The highest BCUT2D eigenvalue weighted by atomic mass is 32.2. The molecule has 0 saturated carbocycles. The first-order chi connectivity index (χ1) is 15.3. The minimum Gasteiger partial charge on any atom is -0.416 e. The number of rotatable bonds is 5. The third kappa shape index (κ3) is 5.42. The summed E-state index contributed by atoms with van der Waals surface area (Å²) in [6.45, 7) is 4.35. The number of aryl methyl sites for hydroxylation is 2. The van der Waals surface area contributed by atoms with Crippen LogP contribution in [-0.2, 0) is 15.9 Å². The van der Waals surface area contributed by atoms with Gasteiger partial charge in [-0.25, -0.2) is 14.0 Å². The molecule has 0 aliphatic heterocycles. The highest BCUT2D eigenvalue weighted by Crippen LogP contribution is 2.35. The van der Waals surface area contributed by atoms with E-state index < -0.39 is 44.5 Å². The molecule has 9 nitrogen and oxygen atoms in total. The lowest BCUT2D eigenvalue weighted by atomic mass is 10.1. The number of amides is 1. The van der Waals surface area contributed by atoms with Crippen LogP contribution in [0, 0.1) is 25.6 Å². The number of aromatic nitrogens is 4. The smallest absolute Gasteiger partial charge is 0.416 e. The molecule has 0 saturated heterocycles. The monoisotopic (exact) mass is 480 g/mol. The largest absolute Gasteiger partial charge is 0.435 e. The molecule has 13 heteroatoms. The van der Waals surface area contributed by atoms with E-state index in [0.717, 1.165) is 6.92 Å². The number of carbonyl (C=O) groups excluding carboxylic acids is 1. The Morgan fingerprint density at radius 3 is 2.45 bits per heavy atom. The molecule has 0 aliphatic carbocycles. The molecule has 0 spiro atoms. The van der Waals surface area contributed by atoms with Crippen molar-refractivity contribution >= 4 is 21.3 Å². The molecule has 3 rings (SSSR count). The topological polar surface area (TPSA) is 131 Å². The van der Waals surface area contributed by atoms with E-state index >= 15 is 0 Å². The van der Waals surface area contributed by atoms with Crippen LogP contribution in [0.4, 0.5) is 18.9 Å². The lowest BCUT2D eigenvalue weighted by molar-refractivity contribution is -0.142. The highest BCUT2D eigenvalue weighted by molar-refractivity contribution is 7.91. The highest BCUT2D eigenvalue weighted by Gasteiger charge is 2.38. The normalized spacial score (nSPS) is 13.3. The molecule has 0 radical (unpaired) electrons. The fraction of sp³-hybridized carbons (Fsp3) is 0.250. The lowest BCUT2D eigenvalue weighted by Gasteiger charge is -2.16. The van der Waals surface area contributed by atoms with Gasteiger partial charge in [-0.1, -0.05) is 6.07 Å². The summed E-state index contributed by atoms with van der Waals surface area (Å²) < 4.78 is 65.5. The van der Waals surface area contributed by atoms with Gasteiger partial charge in [0.2, 0.25) is 5.88 Å². The minimum atomic E-state index is -4.86. The molecule has 1 amide bonds. The second-order valence-electron chi connectivity index (χ2n) is 7.18. The zero-order chi connectivity index (χ0) is 24.6. The van der Waals surface area contributed by atoms with Crippen LogP contribution in [0.25, 0.3) is 0 Å². The number of halogens is 3. The van der Waals surface area contributed by atoms with Gasteiger partial charge in [0.1, 0.15) is 11.3 Å². The molecule has 2 aromatic heterocycles. The van der Waals surface area contributed by atoms with Crippen LogP contribution in [0.5, 0.6) is 11.8 Å². The van der Waals surface area contributed by atoms with Crippen LogP contribution < -0.4 is 10.1 Å². The number of carbonyl (C=O) groups is 1. The van der Waals surface area contributed by atoms with E-state index in [9.17, 15) is 22.2 Å². The molecule has 174 valence electrons. The van der Waals surface area contributed by atoms with E-state index in [0.29, 0.717) is 11.4 Å². The Kier molecular flexibility index (Phi) is 6.36. The van der Waals surface area contributed by atoms with Gasteiger partial charge in [0.05, 0.1) is 21.6 Å². The number of benzene rings is 1. The predicted molar refractivity (Wildman–Crippen MR) is 113 cm³/mol. The summed E-state index contributed by atoms with van der Waals surface area (Å²) in [5, 5.41) is 9.13. The summed E-state index contributed by atoms with van der Waals surface area (Å²) in [6, 6.07) is 5.65. The van der Waals surface area contributed by atoms with Crippen LogP contribution in [0.1, 0.15) is 33.0 Å². The third-order valence-electron chi connectivity index (χ3n) is 4.44. The third-order valence-corrected chi connectivity index (χ3v) is 5.59. The SMILES string of the molecule is Cc1cnc(Oc2nnc(C(F)(F)F)c(C)c2C(=O)Nc2cccc(S(C)(=N)=O)c2)c(C)n1. The van der Waals surface area contributed by atoms with Crippen LogP contribution >= 0.6 is 0 Å². The Hall–Kier alpha value is -3.61. The molecule has 1 atom stereocenters. The van der Waals surface area contributed by atoms with E-state index in [2.05, 4.69) is 25.5 Å². The van der Waals surface area contributed by atoms with Gasteiger partial charge in [0.25, 0.3) is 11.8 Å². The van der Waals surface area contributed by atoms with Crippen molar-refractivity contribution in [3.63, 3.8) is 0 Å². The van der Waals surface area contributed by atoms with Crippen molar-refractivity contribution in [2.75, 3.05) is 11.6 Å². The number of hydrogen-bond acceptors (Lipinski definition) is 8. The fourth-order valence-electron chi connectivity index (χ4n) is 2.90. The van der Waals surface area contributed by atoms with Crippen LogP contribution in [-0.4, -0.2) is 36.5 Å². The van der Waals surface area contributed by atoms with Crippen molar-refractivity contribution in [3.8, 4) is 11.8 Å². The molecule has 0 aliphatic rings. The number of alkyl halides is 3. The zero-order valence-corrected chi connectivity index (χ0v) is 18.8. The van der Waals surface area contributed by atoms with Crippen molar-refractivity contribution in [2.24, 2.45) is 0 Å². The summed E-state index contributed by atoms with van der Waals surface area (Å²) >= 11 is 0. The molecular formula is C20H19F3N6O3S. The molecule has 1 unspecified atom stereocenters. The Labute approximate surface area is 187 Å². The second kappa shape index (κ2) is 8.73.